The van der Waals surface area contributed by atoms with Crippen LogP contribution < -0.4 is 11.6 Å². The molecule has 0 aromatic rings. The van der Waals surface area contributed by atoms with Crippen LogP contribution in [0, 0.1) is 0 Å². The Kier molecular flexibility index (Phi) is 4.88. The van der Waals surface area contributed by atoms with Gasteiger partial charge in [-0.25, -0.2) is 5.01 Å². The zero-order valence-electron chi connectivity index (χ0n) is 6.18. The van der Waals surface area contributed by atoms with Crippen molar-refractivity contribution in [3.63, 3.8) is 0 Å². The number of amides is 1. The fourth-order valence-electron chi connectivity index (χ4n) is 1.10. The number of carbonyl (C=O) groups is 1. The molecule has 0 aliphatic carbocycles. The predicted octanol–water partition coefficient (Wildman–Crippen LogP) is 0.295. The summed E-state index contributed by atoms with van der Waals surface area (Å²) in [5, 5.41) is 1.95. The number of hydrogen-bond acceptors (Lipinski definition) is 3. The van der Waals surface area contributed by atoms with E-state index in [1.165, 1.54) is 19.3 Å². The average molecular weight is 145 g/mol. The Morgan fingerprint density at radius 1 is 1.20 bits per heavy atom. The first-order chi connectivity index (χ1) is 4.43. The third kappa shape index (κ3) is 2.80. The van der Waals surface area contributed by atoms with E-state index < -0.39 is 0 Å². The molecule has 4 nitrogen and oxygen atoms in total. The molecule has 1 fully saturated rings. The van der Waals surface area contributed by atoms with Crippen LogP contribution in [0.4, 0.5) is 0 Å². The number of nitrogens with one attached hydrogen (secondary N) is 1. The van der Waals surface area contributed by atoms with Crippen molar-refractivity contribution in [3.05, 3.63) is 0 Å². The molecule has 60 valence electrons. The van der Waals surface area contributed by atoms with Gasteiger partial charge in [0.2, 0.25) is 6.41 Å². The molecule has 0 atom stereocenters. The fraction of sp³-hybridized carbons (Fsp3) is 0.833. The fourth-order valence-corrected chi connectivity index (χ4v) is 1.10. The van der Waals surface area contributed by atoms with E-state index in [-0.39, 0.29) is 6.15 Å². The molecule has 0 bridgehead atoms. The molecule has 1 aliphatic heterocycles. The van der Waals surface area contributed by atoms with Crippen LogP contribution in [0.1, 0.15) is 19.3 Å². The van der Waals surface area contributed by atoms with Crippen LogP contribution in [0.3, 0.4) is 0 Å². The molecule has 1 heterocycles. The molecule has 1 amide bonds. The standard InChI is InChI=1S/C6H12N2O.H3N/c9-6-7-8-4-2-1-3-5-8;/h6H,1-5H2,(H,7,9);1H3. The van der Waals surface area contributed by atoms with Crippen LogP contribution in [0.2, 0.25) is 0 Å². The van der Waals surface area contributed by atoms with Crippen LogP contribution in [0.5, 0.6) is 0 Å². The number of nitrogens with zero attached hydrogens (tertiary/aromatic N) is 1. The van der Waals surface area contributed by atoms with Gasteiger partial charge in [0, 0.05) is 13.1 Å². The Labute approximate surface area is 61.1 Å². The lowest BCUT2D eigenvalue weighted by Gasteiger charge is -2.24. The summed E-state index contributed by atoms with van der Waals surface area (Å²) >= 11 is 0. The van der Waals surface area contributed by atoms with Gasteiger partial charge in [-0.1, -0.05) is 6.42 Å². The molecule has 4 N–H and O–H groups in total. The van der Waals surface area contributed by atoms with Gasteiger partial charge in [-0.3, -0.25) is 10.2 Å². The van der Waals surface area contributed by atoms with E-state index in [4.69, 9.17) is 0 Å². The third-order valence-corrected chi connectivity index (χ3v) is 1.59. The van der Waals surface area contributed by atoms with Gasteiger partial charge in [0.15, 0.2) is 0 Å². The van der Waals surface area contributed by atoms with Crippen molar-refractivity contribution in [1.29, 1.82) is 0 Å². The monoisotopic (exact) mass is 145 g/mol. The second kappa shape index (κ2) is 5.20. The lowest BCUT2D eigenvalue weighted by atomic mass is 10.2. The SMILES string of the molecule is N.O=CNN1CCCCC1. The van der Waals surface area contributed by atoms with Crippen molar-refractivity contribution in [2.45, 2.75) is 19.3 Å². The van der Waals surface area contributed by atoms with Gasteiger partial charge in [-0.2, -0.15) is 0 Å². The zero-order chi connectivity index (χ0) is 6.53. The highest BCUT2D eigenvalue weighted by Crippen LogP contribution is 2.04. The highest BCUT2D eigenvalue weighted by Gasteiger charge is 2.06. The van der Waals surface area contributed by atoms with Crippen molar-refractivity contribution >= 4 is 6.41 Å². The van der Waals surface area contributed by atoms with Crippen molar-refractivity contribution < 1.29 is 4.79 Å². The topological polar surface area (TPSA) is 67.3 Å². The Hall–Kier alpha value is -0.610. The highest BCUT2D eigenvalue weighted by molar-refractivity contribution is 5.44. The molecular weight excluding hydrogens is 130 g/mol. The van der Waals surface area contributed by atoms with Crippen molar-refractivity contribution in [1.82, 2.24) is 16.6 Å². The molecule has 0 aromatic carbocycles. The smallest absolute Gasteiger partial charge is 0.221 e. The summed E-state index contributed by atoms with van der Waals surface area (Å²) in [7, 11) is 0. The Balaban J connectivity index is 0.000000810. The molecule has 0 radical (unpaired) electrons. The first kappa shape index (κ1) is 9.39. The summed E-state index contributed by atoms with van der Waals surface area (Å²) in [6, 6.07) is 0. The maximum absolute atomic E-state index is 9.92. The average Bonchev–Trinajstić information content (AvgIpc) is 1.91. The van der Waals surface area contributed by atoms with Crippen LogP contribution in [-0.2, 0) is 4.79 Å². The van der Waals surface area contributed by atoms with E-state index >= 15 is 0 Å². The summed E-state index contributed by atoms with van der Waals surface area (Å²) in [6.45, 7) is 2.03. The quantitative estimate of drug-likeness (QED) is 0.549. The summed E-state index contributed by atoms with van der Waals surface area (Å²) in [5.41, 5.74) is 2.64. The van der Waals surface area contributed by atoms with Crippen molar-refractivity contribution in [2.24, 2.45) is 0 Å². The summed E-state index contributed by atoms with van der Waals surface area (Å²) in [6.07, 6.45) is 4.46. The maximum atomic E-state index is 9.92. The lowest BCUT2D eigenvalue weighted by Crippen LogP contribution is -2.40. The van der Waals surface area contributed by atoms with E-state index in [1.807, 2.05) is 5.01 Å². The molecule has 0 unspecified atom stereocenters. The van der Waals surface area contributed by atoms with Crippen molar-refractivity contribution in [3.8, 4) is 0 Å². The third-order valence-electron chi connectivity index (χ3n) is 1.59. The molecule has 0 aromatic heterocycles. The molecule has 10 heavy (non-hydrogen) atoms. The Bertz CT molecular complexity index is 91.0. The van der Waals surface area contributed by atoms with E-state index in [1.54, 1.807) is 0 Å². The summed E-state index contributed by atoms with van der Waals surface area (Å²) in [4.78, 5) is 9.92. The van der Waals surface area contributed by atoms with Crippen LogP contribution in [-0.4, -0.2) is 24.5 Å². The van der Waals surface area contributed by atoms with Crippen LogP contribution in [0.15, 0.2) is 0 Å². The minimum Gasteiger partial charge on any atom is -0.344 e. The van der Waals surface area contributed by atoms with E-state index in [9.17, 15) is 4.79 Å². The number of hydrogen-bond donors (Lipinski definition) is 2. The van der Waals surface area contributed by atoms with Crippen LogP contribution in [0.25, 0.3) is 0 Å². The lowest BCUT2D eigenvalue weighted by molar-refractivity contribution is -0.114. The first-order valence-corrected chi connectivity index (χ1v) is 3.38. The number of rotatable bonds is 2. The van der Waals surface area contributed by atoms with E-state index in [2.05, 4.69) is 5.43 Å². The normalized spacial score (nSPS) is 19.2. The largest absolute Gasteiger partial charge is 0.344 e. The molecule has 0 saturated carbocycles. The van der Waals surface area contributed by atoms with Gasteiger partial charge in [0.1, 0.15) is 0 Å². The zero-order valence-corrected chi connectivity index (χ0v) is 6.18. The highest BCUT2D eigenvalue weighted by atomic mass is 16.1. The van der Waals surface area contributed by atoms with Gasteiger partial charge in [0.05, 0.1) is 0 Å². The molecular formula is C6H15N3O. The van der Waals surface area contributed by atoms with Crippen molar-refractivity contribution in [2.75, 3.05) is 13.1 Å². The summed E-state index contributed by atoms with van der Waals surface area (Å²) in [5.74, 6) is 0. The molecule has 1 rings (SSSR count). The summed E-state index contributed by atoms with van der Waals surface area (Å²) < 4.78 is 0. The molecule has 0 spiro atoms. The van der Waals surface area contributed by atoms with E-state index in [0.717, 1.165) is 19.5 Å². The van der Waals surface area contributed by atoms with Gasteiger partial charge in [-0.15, -0.1) is 0 Å². The first-order valence-electron chi connectivity index (χ1n) is 3.38. The van der Waals surface area contributed by atoms with Gasteiger partial charge >= 0.3 is 0 Å². The molecule has 1 saturated heterocycles. The number of piperidine rings is 1. The minimum atomic E-state index is 0. The van der Waals surface area contributed by atoms with Gasteiger partial charge in [0.25, 0.3) is 0 Å². The molecule has 1 aliphatic rings. The van der Waals surface area contributed by atoms with Gasteiger partial charge in [-0.05, 0) is 12.8 Å². The Morgan fingerprint density at radius 2 is 1.80 bits per heavy atom. The van der Waals surface area contributed by atoms with Crippen LogP contribution >= 0.6 is 0 Å². The maximum Gasteiger partial charge on any atom is 0.221 e. The second-order valence-corrected chi connectivity index (χ2v) is 2.29. The predicted molar refractivity (Wildman–Crippen MR) is 39.6 cm³/mol. The molecule has 4 heteroatoms. The number of carbonyl (C=O) groups excluding carboxylic acids is 1. The number of hydrazine groups is 1. The second-order valence-electron chi connectivity index (χ2n) is 2.29. The minimum absolute atomic E-state index is 0. The van der Waals surface area contributed by atoms with Gasteiger partial charge < -0.3 is 6.15 Å². The van der Waals surface area contributed by atoms with E-state index in [0.29, 0.717) is 0 Å². The Morgan fingerprint density at radius 3 is 2.30 bits per heavy atom.